The average Bonchev–Trinajstić information content (AvgIpc) is 3.62. The molecule has 0 amide bonds. The number of anilines is 1. The van der Waals surface area contributed by atoms with Crippen molar-refractivity contribution in [2.75, 3.05) is 37.7 Å². The van der Waals surface area contributed by atoms with Gasteiger partial charge in [0.15, 0.2) is 5.82 Å². The second-order valence-corrected chi connectivity index (χ2v) is 12.5. The number of fused-ring (bicyclic) bond motifs is 5. The number of benzene rings is 2. The number of piperazine rings is 1. The molecule has 45 heavy (non-hydrogen) atoms. The van der Waals surface area contributed by atoms with Gasteiger partial charge in [0.2, 0.25) is 0 Å². The molecule has 2 N–H and O–H groups in total. The maximum absolute atomic E-state index is 16.8. The van der Waals surface area contributed by atoms with E-state index in [0.29, 0.717) is 55.6 Å². The molecule has 228 valence electrons. The average molecular weight is 611 g/mol. The molecular weight excluding hydrogens is 581 g/mol. The topological polar surface area (TPSA) is 86.6 Å². The summed E-state index contributed by atoms with van der Waals surface area (Å²) in [4.78, 5) is 17.9. The van der Waals surface area contributed by atoms with Crippen LogP contribution in [-0.4, -0.2) is 81.5 Å². The van der Waals surface area contributed by atoms with E-state index in [9.17, 15) is 13.9 Å². The fourth-order valence-electron chi connectivity index (χ4n) is 7.52. The lowest BCUT2D eigenvalue weighted by Crippen LogP contribution is -2.52. The quantitative estimate of drug-likeness (QED) is 0.250. The van der Waals surface area contributed by atoms with E-state index >= 15 is 4.39 Å². The van der Waals surface area contributed by atoms with Gasteiger partial charge in [-0.05, 0) is 30.0 Å². The number of terminal acetylenes is 1. The van der Waals surface area contributed by atoms with Gasteiger partial charge in [-0.15, -0.1) is 6.42 Å². The lowest BCUT2D eigenvalue weighted by atomic mass is 9.93. The van der Waals surface area contributed by atoms with Gasteiger partial charge < -0.3 is 20.1 Å². The Labute approximate surface area is 257 Å². The van der Waals surface area contributed by atoms with Gasteiger partial charge in [-0.3, -0.25) is 9.88 Å². The van der Waals surface area contributed by atoms with Crippen LogP contribution < -0.4 is 15.0 Å². The van der Waals surface area contributed by atoms with Crippen LogP contribution in [0.2, 0.25) is 0 Å². The molecule has 8 rings (SSSR count). The number of alkyl halides is 1. The van der Waals surface area contributed by atoms with Crippen molar-refractivity contribution >= 4 is 27.5 Å². The van der Waals surface area contributed by atoms with Crippen LogP contribution >= 0.6 is 0 Å². The maximum Gasteiger partial charge on any atom is 0.319 e. The minimum absolute atomic E-state index is 0.0438. The standard InChI is InChI=1S/C34H29F3N6O2/c1-3-24-27(36)7-4-19-8-23(44)9-25(28(19)24)30-29(37)31-26(12-38-30)32(42-15-21-5-6-22(16-42)39-21)41-33(40-31)45-17-34-10-18(2)13-43(34)14-20(35)11-34/h1,4-9,12,20-22,39,44H,2,10-11,13-17H2/t20-,21-,22+,34+/m0/s1. The number of ether oxygens (including phenoxy) is 1. The van der Waals surface area contributed by atoms with Crippen LogP contribution in [0.3, 0.4) is 0 Å². The molecule has 4 aliphatic rings. The lowest BCUT2D eigenvalue weighted by Gasteiger charge is -2.34. The second-order valence-electron chi connectivity index (χ2n) is 12.5. The Morgan fingerprint density at radius 3 is 2.73 bits per heavy atom. The van der Waals surface area contributed by atoms with E-state index in [-0.39, 0.29) is 58.2 Å². The third-order valence-electron chi connectivity index (χ3n) is 9.39. The van der Waals surface area contributed by atoms with E-state index < -0.39 is 23.3 Å². The smallest absolute Gasteiger partial charge is 0.319 e. The van der Waals surface area contributed by atoms with E-state index in [2.05, 4.69) is 44.8 Å². The molecule has 0 radical (unpaired) electrons. The number of hydrogen-bond donors (Lipinski definition) is 2. The van der Waals surface area contributed by atoms with Gasteiger partial charge in [-0.1, -0.05) is 36.3 Å². The number of halogens is 3. The van der Waals surface area contributed by atoms with Gasteiger partial charge in [0.05, 0.1) is 16.5 Å². The van der Waals surface area contributed by atoms with Crippen molar-refractivity contribution in [1.29, 1.82) is 0 Å². The number of phenolic OH excluding ortho intramolecular Hbond substituents is 1. The van der Waals surface area contributed by atoms with E-state index in [1.807, 2.05) is 4.90 Å². The van der Waals surface area contributed by atoms with E-state index in [0.717, 1.165) is 5.57 Å². The van der Waals surface area contributed by atoms with Crippen molar-refractivity contribution in [3.05, 3.63) is 72.0 Å². The number of nitrogens with zero attached hydrogens (tertiary/aromatic N) is 5. The zero-order valence-corrected chi connectivity index (χ0v) is 24.2. The predicted octanol–water partition coefficient (Wildman–Crippen LogP) is 4.65. The van der Waals surface area contributed by atoms with Crippen molar-refractivity contribution in [3.8, 4) is 35.4 Å². The summed E-state index contributed by atoms with van der Waals surface area (Å²) in [5.41, 5.74) is 0.306. The zero-order chi connectivity index (χ0) is 31.0. The third kappa shape index (κ3) is 4.51. The third-order valence-corrected chi connectivity index (χ3v) is 9.39. The Bertz CT molecular complexity index is 1980. The number of pyridine rings is 1. The molecule has 8 nitrogen and oxygen atoms in total. The van der Waals surface area contributed by atoms with Crippen LogP contribution in [0.4, 0.5) is 19.0 Å². The first-order valence-corrected chi connectivity index (χ1v) is 14.9. The molecule has 0 unspecified atom stereocenters. The largest absolute Gasteiger partial charge is 0.508 e. The summed E-state index contributed by atoms with van der Waals surface area (Å²) >= 11 is 0. The van der Waals surface area contributed by atoms with E-state index in [1.165, 1.54) is 30.5 Å². The van der Waals surface area contributed by atoms with Gasteiger partial charge in [-0.25, -0.2) is 13.2 Å². The molecule has 0 saturated carbocycles. The zero-order valence-electron chi connectivity index (χ0n) is 24.2. The van der Waals surface area contributed by atoms with Crippen LogP contribution in [0.15, 0.2) is 54.8 Å². The Morgan fingerprint density at radius 2 is 1.96 bits per heavy atom. The van der Waals surface area contributed by atoms with E-state index in [1.54, 1.807) is 0 Å². The summed E-state index contributed by atoms with van der Waals surface area (Å²) < 4.78 is 52.3. The predicted molar refractivity (Wildman–Crippen MR) is 165 cm³/mol. The first-order valence-electron chi connectivity index (χ1n) is 14.9. The normalized spacial score (nSPS) is 25.8. The summed E-state index contributed by atoms with van der Waals surface area (Å²) in [6, 6.07) is 5.58. The summed E-state index contributed by atoms with van der Waals surface area (Å²) in [7, 11) is 0. The van der Waals surface area contributed by atoms with Crippen molar-refractivity contribution in [1.82, 2.24) is 25.2 Å². The molecule has 4 aliphatic heterocycles. The lowest BCUT2D eigenvalue weighted by molar-refractivity contribution is 0.107. The molecule has 4 atom stereocenters. The number of nitrogens with one attached hydrogen (secondary N) is 1. The molecule has 0 spiro atoms. The second kappa shape index (κ2) is 10.2. The molecule has 3 fully saturated rings. The number of aromatic nitrogens is 3. The van der Waals surface area contributed by atoms with Crippen molar-refractivity contribution < 1.29 is 23.0 Å². The van der Waals surface area contributed by atoms with Gasteiger partial charge in [-0.2, -0.15) is 9.97 Å². The number of rotatable bonds is 5. The van der Waals surface area contributed by atoms with Gasteiger partial charge in [0.25, 0.3) is 0 Å². The Morgan fingerprint density at radius 1 is 1.16 bits per heavy atom. The fourth-order valence-corrected chi connectivity index (χ4v) is 7.52. The summed E-state index contributed by atoms with van der Waals surface area (Å²) in [6.07, 6.45) is 11.3. The molecule has 3 saturated heterocycles. The highest BCUT2D eigenvalue weighted by molar-refractivity contribution is 6.03. The van der Waals surface area contributed by atoms with Crippen LogP contribution in [-0.2, 0) is 0 Å². The summed E-state index contributed by atoms with van der Waals surface area (Å²) in [5, 5.41) is 15.1. The minimum Gasteiger partial charge on any atom is -0.508 e. The van der Waals surface area contributed by atoms with E-state index in [4.69, 9.17) is 16.1 Å². The molecular formula is C34H29F3N6O2. The summed E-state index contributed by atoms with van der Waals surface area (Å²) in [6.45, 7) is 6.32. The monoisotopic (exact) mass is 610 g/mol. The van der Waals surface area contributed by atoms with Crippen LogP contribution in [0.25, 0.3) is 32.9 Å². The van der Waals surface area contributed by atoms with Gasteiger partial charge in [0, 0.05) is 61.8 Å². The van der Waals surface area contributed by atoms with Crippen molar-refractivity contribution in [2.45, 2.75) is 36.6 Å². The van der Waals surface area contributed by atoms with Crippen molar-refractivity contribution in [2.24, 2.45) is 0 Å². The first kappa shape index (κ1) is 27.9. The van der Waals surface area contributed by atoms with Crippen LogP contribution in [0.1, 0.15) is 18.4 Å². The molecule has 11 heteroatoms. The Balaban J connectivity index is 1.27. The fraction of sp³-hybridized carbons (Fsp3) is 0.324. The summed E-state index contributed by atoms with van der Waals surface area (Å²) in [5.74, 6) is 1.22. The molecule has 2 aromatic carbocycles. The highest BCUT2D eigenvalue weighted by atomic mass is 19.1. The van der Waals surface area contributed by atoms with Gasteiger partial charge >= 0.3 is 6.01 Å². The number of hydrogen-bond acceptors (Lipinski definition) is 8. The van der Waals surface area contributed by atoms with Gasteiger partial charge in [0.1, 0.15) is 41.4 Å². The maximum atomic E-state index is 16.8. The Kier molecular flexibility index (Phi) is 6.31. The molecule has 2 aromatic heterocycles. The Hall–Kier alpha value is -4.66. The number of phenols is 1. The molecule has 6 heterocycles. The first-order chi connectivity index (χ1) is 21.7. The molecule has 0 aliphatic carbocycles. The highest BCUT2D eigenvalue weighted by Gasteiger charge is 2.50. The number of aromatic hydroxyl groups is 1. The SMILES string of the molecule is C#Cc1c(F)ccc2cc(O)cc(-c3ncc4c(N5C[C@H]6C=C[C@@H](C5)N6)nc(OC[C@]56CC(=C)CN5C[C@@H](F)C6)nc4c3F)c12. The van der Waals surface area contributed by atoms with Crippen LogP contribution in [0.5, 0.6) is 11.8 Å². The molecule has 4 aromatic rings. The van der Waals surface area contributed by atoms with Crippen molar-refractivity contribution in [3.63, 3.8) is 0 Å². The molecule has 2 bridgehead atoms. The minimum atomic E-state index is -0.973. The van der Waals surface area contributed by atoms with Crippen LogP contribution in [0, 0.1) is 24.0 Å². The highest BCUT2D eigenvalue weighted by Crippen LogP contribution is 2.43.